The van der Waals surface area contributed by atoms with E-state index < -0.39 is 11.1 Å². The lowest BCUT2D eigenvalue weighted by atomic mass is 9.95. The van der Waals surface area contributed by atoms with E-state index in [0.29, 0.717) is 12.4 Å². The molecule has 37 heavy (non-hydrogen) atoms. The number of para-hydroxylation sites is 1. The van der Waals surface area contributed by atoms with Gasteiger partial charge in [-0.2, -0.15) is 0 Å². The van der Waals surface area contributed by atoms with Gasteiger partial charge in [-0.15, -0.1) is 0 Å². The number of nitrogens with one attached hydrogen (secondary N) is 1. The largest absolute Gasteiger partial charge is 0.492 e. The molecule has 2 aromatic rings. The third-order valence-corrected chi connectivity index (χ3v) is 7.11. The molecule has 8 nitrogen and oxygen atoms in total. The SMILES string of the molecule is COC1(COc2ccccc2F)CCCN(Cc2ccc(OCCN3C(=O)NC(C)(C)C3=O)cc2)CC1. The Morgan fingerprint density at radius 3 is 2.43 bits per heavy atom. The first-order valence-corrected chi connectivity index (χ1v) is 12.7. The summed E-state index contributed by atoms with van der Waals surface area (Å²) >= 11 is 0. The maximum absolute atomic E-state index is 14.0. The summed E-state index contributed by atoms with van der Waals surface area (Å²) in [6.45, 7) is 6.69. The lowest BCUT2D eigenvalue weighted by molar-refractivity contribution is -0.130. The molecular weight excluding hydrogens is 477 g/mol. The Morgan fingerprint density at radius 1 is 1.00 bits per heavy atom. The molecule has 1 unspecified atom stereocenters. The third kappa shape index (κ3) is 6.59. The van der Waals surface area contributed by atoms with E-state index in [1.807, 2.05) is 24.3 Å². The van der Waals surface area contributed by atoms with Crippen molar-refractivity contribution in [3.63, 3.8) is 0 Å². The minimum Gasteiger partial charge on any atom is -0.492 e. The van der Waals surface area contributed by atoms with Crippen LogP contribution in [0.2, 0.25) is 0 Å². The number of amides is 3. The molecule has 2 aliphatic rings. The zero-order valence-electron chi connectivity index (χ0n) is 21.8. The zero-order chi connectivity index (χ0) is 26.5. The monoisotopic (exact) mass is 513 g/mol. The maximum Gasteiger partial charge on any atom is 0.325 e. The predicted octanol–water partition coefficient (Wildman–Crippen LogP) is 3.99. The molecule has 2 fully saturated rings. The fraction of sp³-hybridized carbons (Fsp3) is 0.500. The Kier molecular flexibility index (Phi) is 8.34. The molecule has 4 rings (SSSR count). The number of urea groups is 1. The molecule has 200 valence electrons. The van der Waals surface area contributed by atoms with Crippen molar-refractivity contribution in [2.24, 2.45) is 0 Å². The molecule has 0 bridgehead atoms. The molecule has 0 radical (unpaired) electrons. The Balaban J connectivity index is 1.24. The summed E-state index contributed by atoms with van der Waals surface area (Å²) in [4.78, 5) is 27.8. The van der Waals surface area contributed by atoms with Crippen LogP contribution in [-0.4, -0.2) is 72.8 Å². The molecule has 0 aliphatic carbocycles. The van der Waals surface area contributed by atoms with E-state index in [1.165, 1.54) is 11.0 Å². The van der Waals surface area contributed by atoms with Crippen molar-refractivity contribution >= 4 is 11.9 Å². The summed E-state index contributed by atoms with van der Waals surface area (Å²) in [6, 6.07) is 13.9. The third-order valence-electron chi connectivity index (χ3n) is 7.11. The average Bonchev–Trinajstić information content (AvgIpc) is 3.00. The second kappa shape index (κ2) is 11.5. The number of benzene rings is 2. The lowest BCUT2D eigenvalue weighted by Crippen LogP contribution is -2.40. The highest BCUT2D eigenvalue weighted by atomic mass is 19.1. The number of hydrogen-bond acceptors (Lipinski definition) is 6. The number of halogens is 1. The van der Waals surface area contributed by atoms with Gasteiger partial charge in [0.1, 0.15) is 30.1 Å². The minimum absolute atomic E-state index is 0.200. The molecule has 2 aromatic carbocycles. The van der Waals surface area contributed by atoms with Crippen LogP contribution < -0.4 is 14.8 Å². The van der Waals surface area contributed by atoms with Gasteiger partial charge in [0.05, 0.1) is 6.54 Å². The van der Waals surface area contributed by atoms with Crippen molar-refractivity contribution in [3.8, 4) is 11.5 Å². The summed E-state index contributed by atoms with van der Waals surface area (Å²) in [6.07, 6.45) is 2.59. The predicted molar refractivity (Wildman–Crippen MR) is 137 cm³/mol. The van der Waals surface area contributed by atoms with Crippen LogP contribution >= 0.6 is 0 Å². The first-order chi connectivity index (χ1) is 17.7. The number of imide groups is 1. The van der Waals surface area contributed by atoms with Gasteiger partial charge in [0.25, 0.3) is 5.91 Å². The van der Waals surface area contributed by atoms with Gasteiger partial charge in [-0.3, -0.25) is 14.6 Å². The van der Waals surface area contributed by atoms with Gasteiger partial charge in [0.2, 0.25) is 0 Å². The lowest BCUT2D eigenvalue weighted by Gasteiger charge is -2.31. The van der Waals surface area contributed by atoms with Crippen molar-refractivity contribution in [1.82, 2.24) is 15.1 Å². The number of carbonyl (C=O) groups is 2. The van der Waals surface area contributed by atoms with Crippen molar-refractivity contribution in [1.29, 1.82) is 0 Å². The van der Waals surface area contributed by atoms with E-state index in [9.17, 15) is 14.0 Å². The molecule has 0 spiro atoms. The summed E-state index contributed by atoms with van der Waals surface area (Å²) in [5.41, 5.74) is -0.157. The first kappa shape index (κ1) is 26.9. The Morgan fingerprint density at radius 2 is 1.76 bits per heavy atom. The topological polar surface area (TPSA) is 80.3 Å². The number of nitrogens with zero attached hydrogens (tertiary/aromatic N) is 2. The second-order valence-electron chi connectivity index (χ2n) is 10.2. The Labute approximate surface area is 217 Å². The molecule has 3 amide bonds. The van der Waals surface area contributed by atoms with Crippen LogP contribution in [0.1, 0.15) is 38.7 Å². The maximum atomic E-state index is 14.0. The number of rotatable bonds is 10. The second-order valence-corrected chi connectivity index (χ2v) is 10.2. The summed E-state index contributed by atoms with van der Waals surface area (Å²) in [7, 11) is 1.70. The zero-order valence-corrected chi connectivity index (χ0v) is 21.8. The molecule has 2 aliphatic heterocycles. The van der Waals surface area contributed by atoms with E-state index in [4.69, 9.17) is 14.2 Å². The number of carbonyl (C=O) groups excluding carboxylic acids is 2. The standard InChI is InChI=1S/C28H36FN3O5/c1-27(2)25(33)32(26(34)30-27)17-18-36-22-11-9-21(10-12-22)19-31-15-6-13-28(35-3,14-16-31)20-37-24-8-5-4-7-23(24)29/h4-5,7-12H,6,13-20H2,1-3H3,(H,30,34). The highest BCUT2D eigenvalue weighted by Crippen LogP contribution is 2.29. The van der Waals surface area contributed by atoms with Gasteiger partial charge in [-0.1, -0.05) is 24.3 Å². The van der Waals surface area contributed by atoms with Crippen molar-refractivity contribution in [2.75, 3.05) is 40.0 Å². The van der Waals surface area contributed by atoms with Gasteiger partial charge in [0, 0.05) is 20.2 Å². The van der Waals surface area contributed by atoms with E-state index in [0.717, 1.165) is 44.5 Å². The molecule has 0 aromatic heterocycles. The van der Waals surface area contributed by atoms with Gasteiger partial charge in [0.15, 0.2) is 11.6 Å². The van der Waals surface area contributed by atoms with Crippen LogP contribution in [-0.2, 0) is 16.1 Å². The minimum atomic E-state index is -0.873. The smallest absolute Gasteiger partial charge is 0.325 e. The van der Waals surface area contributed by atoms with Crippen molar-refractivity contribution in [2.45, 2.75) is 50.8 Å². The molecule has 1 N–H and O–H groups in total. The van der Waals surface area contributed by atoms with Crippen LogP contribution in [0.15, 0.2) is 48.5 Å². The van der Waals surface area contributed by atoms with E-state index in [-0.39, 0.29) is 36.7 Å². The Hall–Kier alpha value is -3.17. The van der Waals surface area contributed by atoms with Crippen molar-refractivity contribution < 1.29 is 28.2 Å². The van der Waals surface area contributed by atoms with E-state index >= 15 is 0 Å². The fourth-order valence-corrected chi connectivity index (χ4v) is 4.79. The highest BCUT2D eigenvalue weighted by Gasteiger charge is 2.44. The molecule has 9 heteroatoms. The molecule has 2 saturated heterocycles. The molecule has 2 heterocycles. The highest BCUT2D eigenvalue weighted by molar-refractivity contribution is 6.06. The number of methoxy groups -OCH3 is 1. The summed E-state index contributed by atoms with van der Waals surface area (Å²) in [5, 5.41) is 2.67. The van der Waals surface area contributed by atoms with Crippen LogP contribution in [0.3, 0.4) is 0 Å². The fourth-order valence-electron chi connectivity index (χ4n) is 4.79. The van der Waals surface area contributed by atoms with Gasteiger partial charge in [-0.05, 0) is 69.5 Å². The van der Waals surface area contributed by atoms with Gasteiger partial charge < -0.3 is 19.5 Å². The van der Waals surface area contributed by atoms with Crippen LogP contribution in [0.25, 0.3) is 0 Å². The van der Waals surface area contributed by atoms with Crippen LogP contribution in [0, 0.1) is 5.82 Å². The normalized spacial score (nSPS) is 22.0. The Bertz CT molecular complexity index is 1090. The molecular formula is C28H36FN3O5. The van der Waals surface area contributed by atoms with Crippen molar-refractivity contribution in [3.05, 3.63) is 59.9 Å². The van der Waals surface area contributed by atoms with Crippen LogP contribution in [0.4, 0.5) is 9.18 Å². The van der Waals surface area contributed by atoms with Crippen LogP contribution in [0.5, 0.6) is 11.5 Å². The van der Waals surface area contributed by atoms with Gasteiger partial charge >= 0.3 is 6.03 Å². The summed E-state index contributed by atoms with van der Waals surface area (Å²) in [5.74, 6) is 0.330. The number of hydrogen-bond donors (Lipinski definition) is 1. The number of ether oxygens (including phenoxy) is 3. The average molecular weight is 514 g/mol. The summed E-state index contributed by atoms with van der Waals surface area (Å²) < 4.78 is 31.4. The quantitative estimate of drug-likeness (QED) is 0.484. The van der Waals surface area contributed by atoms with E-state index in [1.54, 1.807) is 39.2 Å². The van der Waals surface area contributed by atoms with Gasteiger partial charge in [-0.25, -0.2) is 9.18 Å². The van der Waals surface area contributed by atoms with E-state index in [2.05, 4.69) is 10.2 Å². The molecule has 0 saturated carbocycles. The first-order valence-electron chi connectivity index (χ1n) is 12.7. The number of likely N-dealkylation sites (tertiary alicyclic amines) is 1. The molecule has 1 atom stereocenters.